The van der Waals surface area contributed by atoms with Gasteiger partial charge in [-0.25, -0.2) is 4.68 Å². The summed E-state index contributed by atoms with van der Waals surface area (Å²) in [6.45, 7) is 0.411. The van der Waals surface area contributed by atoms with Gasteiger partial charge in [-0.15, -0.1) is 5.10 Å². The lowest BCUT2D eigenvalue weighted by Crippen LogP contribution is -2.24. The second-order valence-corrected chi connectivity index (χ2v) is 8.48. The van der Waals surface area contributed by atoms with Gasteiger partial charge >= 0.3 is 0 Å². The van der Waals surface area contributed by atoms with Crippen LogP contribution in [0.3, 0.4) is 0 Å². The number of methoxy groups -OCH3 is 2. The number of amides is 1. The third kappa shape index (κ3) is 5.12. The van der Waals surface area contributed by atoms with Crippen LogP contribution in [0, 0.1) is 3.95 Å². The van der Waals surface area contributed by atoms with Crippen LogP contribution >= 0.6 is 35.3 Å². The molecule has 0 saturated carbocycles. The molecule has 0 saturated heterocycles. The van der Waals surface area contributed by atoms with Crippen LogP contribution in [-0.4, -0.2) is 35.7 Å². The van der Waals surface area contributed by atoms with E-state index in [1.54, 1.807) is 18.9 Å². The van der Waals surface area contributed by atoms with Gasteiger partial charge in [0.25, 0.3) is 0 Å². The standard InChI is InChI=1S/C19H19N3O3S3/c1-24-15-9-8-13(10-16(15)25-2)11-20-17(23)12-27-18-21-22(19(26)28-18)14-6-4-3-5-7-14/h3-10H,11-12H2,1-2H3,(H,20,23). The molecule has 1 amide bonds. The zero-order valence-corrected chi connectivity index (χ0v) is 17.8. The van der Waals surface area contributed by atoms with Gasteiger partial charge in [0.1, 0.15) is 0 Å². The van der Waals surface area contributed by atoms with Crippen LogP contribution in [0.1, 0.15) is 5.56 Å². The quantitative estimate of drug-likeness (QED) is 0.426. The highest BCUT2D eigenvalue weighted by Crippen LogP contribution is 2.27. The van der Waals surface area contributed by atoms with Crippen LogP contribution < -0.4 is 14.8 Å². The van der Waals surface area contributed by atoms with E-state index in [9.17, 15) is 4.79 Å². The largest absolute Gasteiger partial charge is 0.493 e. The van der Waals surface area contributed by atoms with Crippen LogP contribution in [0.2, 0.25) is 0 Å². The Morgan fingerprint density at radius 2 is 1.93 bits per heavy atom. The van der Waals surface area contributed by atoms with Gasteiger partial charge in [0.05, 0.1) is 25.7 Å². The van der Waals surface area contributed by atoms with Crippen molar-refractivity contribution in [3.63, 3.8) is 0 Å². The second kappa shape index (κ2) is 9.72. The van der Waals surface area contributed by atoms with E-state index in [0.717, 1.165) is 15.6 Å². The van der Waals surface area contributed by atoms with Gasteiger partial charge in [-0.2, -0.15) is 0 Å². The Kier molecular flexibility index (Phi) is 7.07. The zero-order valence-electron chi connectivity index (χ0n) is 15.4. The fourth-order valence-electron chi connectivity index (χ4n) is 2.42. The van der Waals surface area contributed by atoms with Crippen molar-refractivity contribution in [1.29, 1.82) is 0 Å². The summed E-state index contributed by atoms with van der Waals surface area (Å²) in [4.78, 5) is 12.2. The summed E-state index contributed by atoms with van der Waals surface area (Å²) in [5.74, 6) is 1.48. The number of carbonyl (C=O) groups is 1. The molecule has 0 aliphatic carbocycles. The molecule has 0 spiro atoms. The molecular weight excluding hydrogens is 414 g/mol. The van der Waals surface area contributed by atoms with Crippen LogP contribution in [0.4, 0.5) is 0 Å². The maximum Gasteiger partial charge on any atom is 0.230 e. The maximum absolute atomic E-state index is 12.2. The second-order valence-electron chi connectivity index (χ2n) is 5.64. The van der Waals surface area contributed by atoms with E-state index in [1.165, 1.54) is 23.1 Å². The van der Waals surface area contributed by atoms with E-state index in [-0.39, 0.29) is 11.7 Å². The summed E-state index contributed by atoms with van der Waals surface area (Å²) >= 11 is 8.14. The normalized spacial score (nSPS) is 10.5. The number of hydrogen-bond acceptors (Lipinski definition) is 7. The average Bonchev–Trinajstić information content (AvgIpc) is 3.11. The first-order chi connectivity index (χ1) is 13.6. The highest BCUT2D eigenvalue weighted by Gasteiger charge is 2.10. The average molecular weight is 434 g/mol. The molecule has 0 unspecified atom stereocenters. The van der Waals surface area contributed by atoms with Crippen molar-refractivity contribution in [2.24, 2.45) is 0 Å². The Hall–Kier alpha value is -2.36. The van der Waals surface area contributed by atoms with Crippen molar-refractivity contribution in [2.45, 2.75) is 10.9 Å². The van der Waals surface area contributed by atoms with Crippen molar-refractivity contribution in [3.8, 4) is 17.2 Å². The van der Waals surface area contributed by atoms with Gasteiger partial charge in [0, 0.05) is 6.54 Å². The summed E-state index contributed by atoms with van der Waals surface area (Å²) in [5, 5.41) is 7.39. The Labute approximate surface area is 176 Å². The first kappa shape index (κ1) is 20.4. The molecule has 0 aliphatic rings. The van der Waals surface area contributed by atoms with Gasteiger partial charge in [-0.1, -0.05) is 47.4 Å². The molecule has 1 N–H and O–H groups in total. The van der Waals surface area contributed by atoms with E-state index in [4.69, 9.17) is 21.7 Å². The summed E-state index contributed by atoms with van der Waals surface area (Å²) in [7, 11) is 3.17. The molecule has 146 valence electrons. The molecule has 0 radical (unpaired) electrons. The molecule has 9 heteroatoms. The third-order valence-corrected chi connectivity index (χ3v) is 6.16. The molecule has 0 fully saturated rings. The third-order valence-electron chi connectivity index (χ3n) is 3.79. The topological polar surface area (TPSA) is 65.4 Å². The minimum Gasteiger partial charge on any atom is -0.493 e. The molecule has 0 atom stereocenters. The Morgan fingerprint density at radius 1 is 1.18 bits per heavy atom. The highest BCUT2D eigenvalue weighted by molar-refractivity contribution is 8.01. The molecule has 3 rings (SSSR count). The van der Waals surface area contributed by atoms with Crippen molar-refractivity contribution in [2.75, 3.05) is 20.0 Å². The fourth-order valence-corrected chi connectivity index (χ4v) is 4.61. The molecule has 1 heterocycles. The Balaban J connectivity index is 1.54. The summed E-state index contributed by atoms with van der Waals surface area (Å²) in [6.07, 6.45) is 0. The van der Waals surface area contributed by atoms with Crippen LogP contribution in [0.15, 0.2) is 52.9 Å². The molecule has 0 bridgehead atoms. The van der Waals surface area contributed by atoms with Crippen LogP contribution in [0.25, 0.3) is 5.69 Å². The van der Waals surface area contributed by atoms with E-state index in [1.807, 2.05) is 48.5 Å². The van der Waals surface area contributed by atoms with Gasteiger partial charge in [-0.3, -0.25) is 4.79 Å². The van der Waals surface area contributed by atoms with Gasteiger partial charge in [0.2, 0.25) is 5.91 Å². The van der Waals surface area contributed by atoms with E-state index in [2.05, 4.69) is 10.4 Å². The number of carbonyl (C=O) groups excluding carboxylic acids is 1. The number of nitrogens with zero attached hydrogens (tertiary/aromatic N) is 2. The van der Waals surface area contributed by atoms with Crippen molar-refractivity contribution >= 4 is 41.2 Å². The number of ether oxygens (including phenoxy) is 2. The Morgan fingerprint density at radius 3 is 2.64 bits per heavy atom. The van der Waals surface area contributed by atoms with Gasteiger partial charge < -0.3 is 14.8 Å². The van der Waals surface area contributed by atoms with E-state index >= 15 is 0 Å². The van der Waals surface area contributed by atoms with Crippen molar-refractivity contribution in [1.82, 2.24) is 15.1 Å². The lowest BCUT2D eigenvalue weighted by molar-refractivity contribution is -0.118. The number of benzene rings is 2. The van der Waals surface area contributed by atoms with Crippen molar-refractivity contribution < 1.29 is 14.3 Å². The van der Waals surface area contributed by atoms with Crippen LogP contribution in [-0.2, 0) is 11.3 Å². The monoisotopic (exact) mass is 433 g/mol. The summed E-state index contributed by atoms with van der Waals surface area (Å²) in [6, 6.07) is 15.3. The first-order valence-electron chi connectivity index (χ1n) is 8.36. The molecule has 1 aromatic heterocycles. The lowest BCUT2D eigenvalue weighted by atomic mass is 10.2. The molecular formula is C19H19N3O3S3. The minimum atomic E-state index is -0.0767. The zero-order chi connectivity index (χ0) is 19.9. The summed E-state index contributed by atoms with van der Waals surface area (Å²) in [5.41, 5.74) is 1.84. The molecule has 28 heavy (non-hydrogen) atoms. The number of aromatic nitrogens is 2. The first-order valence-corrected chi connectivity index (χ1v) is 10.6. The van der Waals surface area contributed by atoms with E-state index in [0.29, 0.717) is 22.0 Å². The lowest BCUT2D eigenvalue weighted by Gasteiger charge is -2.10. The van der Waals surface area contributed by atoms with Crippen LogP contribution in [0.5, 0.6) is 11.5 Å². The van der Waals surface area contributed by atoms with Gasteiger partial charge in [0.15, 0.2) is 19.8 Å². The number of hydrogen-bond donors (Lipinski definition) is 1. The Bertz CT molecular complexity index is 1000. The number of nitrogens with one attached hydrogen (secondary N) is 1. The predicted molar refractivity (Wildman–Crippen MR) is 114 cm³/mol. The molecule has 2 aromatic carbocycles. The summed E-state index contributed by atoms with van der Waals surface area (Å²) < 4.78 is 13.6. The molecule has 0 aliphatic heterocycles. The molecule has 6 nitrogen and oxygen atoms in total. The number of para-hydroxylation sites is 1. The number of rotatable bonds is 8. The van der Waals surface area contributed by atoms with Crippen molar-refractivity contribution in [3.05, 3.63) is 58.0 Å². The fraction of sp³-hybridized carbons (Fsp3) is 0.211. The highest BCUT2D eigenvalue weighted by atomic mass is 32.2. The predicted octanol–water partition coefficient (Wildman–Crippen LogP) is 4.09. The van der Waals surface area contributed by atoms with Gasteiger partial charge in [-0.05, 0) is 42.0 Å². The maximum atomic E-state index is 12.2. The molecule has 3 aromatic rings. The van der Waals surface area contributed by atoms with E-state index < -0.39 is 0 Å². The minimum absolute atomic E-state index is 0.0767. The number of thioether (sulfide) groups is 1. The SMILES string of the molecule is COc1ccc(CNC(=O)CSc2nn(-c3ccccc3)c(=S)s2)cc1OC. The smallest absolute Gasteiger partial charge is 0.230 e.